The maximum absolute atomic E-state index is 9.29. The molecule has 0 amide bonds. The Hall–Kier alpha value is -0.0400. The Labute approximate surface area is 51.7 Å². The molecule has 1 atom stereocenters. The van der Waals surface area contributed by atoms with Crippen molar-refractivity contribution in [2.45, 2.75) is 39.7 Å². The summed E-state index contributed by atoms with van der Waals surface area (Å²) in [5.74, 6) is 0.405. The van der Waals surface area contributed by atoms with Crippen LogP contribution in [0.2, 0.25) is 0 Å². The van der Waals surface area contributed by atoms with E-state index in [1.807, 2.05) is 13.8 Å². The Kier molecular flexibility index (Phi) is 2.48. The van der Waals surface area contributed by atoms with Gasteiger partial charge in [-0.3, -0.25) is 0 Å². The molecule has 0 saturated heterocycles. The van der Waals surface area contributed by atoms with Gasteiger partial charge in [-0.15, -0.1) is 0 Å². The molecule has 0 aliphatic carbocycles. The van der Waals surface area contributed by atoms with E-state index in [0.717, 1.165) is 6.42 Å². The first kappa shape index (κ1) is 7.96. The molecule has 0 radical (unpaired) electrons. The van der Waals surface area contributed by atoms with Gasteiger partial charge in [-0.1, -0.05) is 20.3 Å². The molecular weight excluding hydrogens is 100 g/mol. The highest BCUT2D eigenvalue weighted by molar-refractivity contribution is 4.71. The number of aliphatic hydroxyl groups is 1. The van der Waals surface area contributed by atoms with Gasteiger partial charge in [0.25, 0.3) is 0 Å². The molecule has 0 aliphatic heterocycles. The lowest BCUT2D eigenvalue weighted by atomic mass is 9.91. The van der Waals surface area contributed by atoms with Crippen molar-refractivity contribution in [1.29, 1.82) is 0 Å². The minimum atomic E-state index is -0.491. The fraction of sp³-hybridized carbons (Fsp3) is 1.00. The van der Waals surface area contributed by atoms with Gasteiger partial charge >= 0.3 is 0 Å². The van der Waals surface area contributed by atoms with Crippen molar-refractivity contribution in [1.82, 2.24) is 0 Å². The molecule has 0 spiro atoms. The second-order valence-corrected chi connectivity index (χ2v) is 2.96. The Bertz CT molecular complexity index is 61.3. The Morgan fingerprint density at radius 2 is 1.88 bits per heavy atom. The summed E-state index contributed by atoms with van der Waals surface area (Å²) in [5.41, 5.74) is -0.491. The van der Waals surface area contributed by atoms with Gasteiger partial charge in [0.05, 0.1) is 5.60 Å². The molecule has 0 heterocycles. The van der Waals surface area contributed by atoms with Gasteiger partial charge in [-0.25, -0.2) is 0 Å². The summed E-state index contributed by atoms with van der Waals surface area (Å²) in [6, 6.07) is 0. The number of rotatable bonds is 2. The van der Waals surface area contributed by atoms with Gasteiger partial charge in [-0.2, -0.15) is 0 Å². The van der Waals surface area contributed by atoms with E-state index in [0.29, 0.717) is 5.92 Å². The van der Waals surface area contributed by atoms with Gasteiger partial charge in [0.2, 0.25) is 0 Å². The second-order valence-electron chi connectivity index (χ2n) is 2.96. The van der Waals surface area contributed by atoms with Crippen molar-refractivity contribution >= 4 is 0 Å². The quantitative estimate of drug-likeness (QED) is 0.583. The van der Waals surface area contributed by atoms with Crippen LogP contribution in [0.5, 0.6) is 0 Å². The zero-order valence-corrected chi connectivity index (χ0v) is 6.23. The molecule has 0 aliphatic rings. The fourth-order valence-electron chi connectivity index (χ4n) is 0.500. The molecule has 0 bridgehead atoms. The van der Waals surface area contributed by atoms with Crippen LogP contribution >= 0.6 is 0 Å². The molecule has 0 aromatic heterocycles. The van der Waals surface area contributed by atoms with Crippen LogP contribution in [0.25, 0.3) is 0 Å². The van der Waals surface area contributed by atoms with Crippen molar-refractivity contribution in [3.63, 3.8) is 0 Å². The summed E-state index contributed by atoms with van der Waals surface area (Å²) in [6.07, 6.45) is 1.05. The average Bonchev–Trinajstić information content (AvgIpc) is 1.62. The summed E-state index contributed by atoms with van der Waals surface area (Å²) >= 11 is 0. The van der Waals surface area contributed by atoms with E-state index < -0.39 is 5.60 Å². The van der Waals surface area contributed by atoms with Gasteiger partial charge in [0.1, 0.15) is 0 Å². The first-order valence-electron chi connectivity index (χ1n) is 3.20. The minimum absolute atomic E-state index is 0.405. The maximum atomic E-state index is 9.29. The summed E-state index contributed by atoms with van der Waals surface area (Å²) in [4.78, 5) is 0. The highest BCUT2D eigenvalue weighted by atomic mass is 16.3. The highest BCUT2D eigenvalue weighted by Crippen LogP contribution is 2.17. The van der Waals surface area contributed by atoms with Crippen LogP contribution in [-0.4, -0.2) is 10.7 Å². The van der Waals surface area contributed by atoms with E-state index in [1.54, 1.807) is 0 Å². The molecule has 1 nitrogen and oxygen atoms in total. The van der Waals surface area contributed by atoms with Gasteiger partial charge in [-0.05, 0) is 19.8 Å². The van der Waals surface area contributed by atoms with Gasteiger partial charge < -0.3 is 5.11 Å². The first-order chi connectivity index (χ1) is 3.48. The molecule has 0 aromatic rings. The van der Waals surface area contributed by atoms with E-state index in [2.05, 4.69) is 13.8 Å². The molecule has 8 heavy (non-hydrogen) atoms. The largest absolute Gasteiger partial charge is 0.390 e. The van der Waals surface area contributed by atoms with Gasteiger partial charge in [0.15, 0.2) is 0 Å². The number of hydrogen-bond acceptors (Lipinski definition) is 1. The zero-order chi connectivity index (χ0) is 6.78. The van der Waals surface area contributed by atoms with Crippen molar-refractivity contribution < 1.29 is 5.11 Å². The molecule has 0 fully saturated rings. The van der Waals surface area contributed by atoms with Crippen LogP contribution < -0.4 is 0 Å². The van der Waals surface area contributed by atoms with Crippen molar-refractivity contribution in [3.8, 4) is 0 Å². The second kappa shape index (κ2) is 2.49. The lowest BCUT2D eigenvalue weighted by molar-refractivity contribution is 0.0234. The minimum Gasteiger partial charge on any atom is -0.390 e. The third-order valence-electron chi connectivity index (χ3n) is 1.82. The van der Waals surface area contributed by atoms with Crippen LogP contribution in [0, 0.1) is 5.92 Å². The lowest BCUT2D eigenvalue weighted by Crippen LogP contribution is -2.27. The summed E-state index contributed by atoms with van der Waals surface area (Å²) < 4.78 is 0. The van der Waals surface area contributed by atoms with E-state index in [-0.39, 0.29) is 0 Å². The molecule has 1 unspecified atom stereocenters. The summed E-state index contributed by atoms with van der Waals surface area (Å²) in [5, 5.41) is 9.29. The predicted molar refractivity (Wildman–Crippen MR) is 35.8 cm³/mol. The zero-order valence-electron chi connectivity index (χ0n) is 6.23. The van der Waals surface area contributed by atoms with Crippen LogP contribution in [-0.2, 0) is 0 Å². The van der Waals surface area contributed by atoms with Crippen molar-refractivity contribution in [2.24, 2.45) is 5.92 Å². The lowest BCUT2D eigenvalue weighted by Gasteiger charge is -2.23. The Balaban J connectivity index is 3.62. The topological polar surface area (TPSA) is 20.2 Å². The molecule has 0 saturated carbocycles. The monoisotopic (exact) mass is 116 g/mol. The van der Waals surface area contributed by atoms with E-state index in [9.17, 15) is 5.11 Å². The molecule has 0 rings (SSSR count). The SMILES string of the molecule is CCC(C)C(C)(C)O. The van der Waals surface area contributed by atoms with E-state index >= 15 is 0 Å². The van der Waals surface area contributed by atoms with Crippen LogP contribution in [0.3, 0.4) is 0 Å². The average molecular weight is 116 g/mol. The smallest absolute Gasteiger partial charge is 0.0617 e. The third-order valence-corrected chi connectivity index (χ3v) is 1.82. The van der Waals surface area contributed by atoms with Crippen molar-refractivity contribution in [2.75, 3.05) is 0 Å². The van der Waals surface area contributed by atoms with Crippen LogP contribution in [0.15, 0.2) is 0 Å². The van der Waals surface area contributed by atoms with E-state index in [4.69, 9.17) is 0 Å². The molecule has 50 valence electrons. The molecule has 0 aromatic carbocycles. The summed E-state index contributed by atoms with van der Waals surface area (Å²) in [6.45, 7) is 7.84. The Morgan fingerprint density at radius 3 is 1.88 bits per heavy atom. The van der Waals surface area contributed by atoms with Crippen LogP contribution in [0.1, 0.15) is 34.1 Å². The highest BCUT2D eigenvalue weighted by Gasteiger charge is 2.19. The number of hydrogen-bond donors (Lipinski definition) is 1. The Morgan fingerprint density at radius 1 is 1.50 bits per heavy atom. The molecular formula is C7H16O. The maximum Gasteiger partial charge on any atom is 0.0617 e. The predicted octanol–water partition coefficient (Wildman–Crippen LogP) is 1.80. The third kappa shape index (κ3) is 2.31. The van der Waals surface area contributed by atoms with Gasteiger partial charge in [0, 0.05) is 0 Å². The molecule has 1 heteroatoms. The molecule has 1 N–H and O–H groups in total. The van der Waals surface area contributed by atoms with Crippen LogP contribution in [0.4, 0.5) is 0 Å². The fourth-order valence-corrected chi connectivity index (χ4v) is 0.500. The standard InChI is InChI=1S/C7H16O/c1-5-6(2)7(3,4)8/h6,8H,5H2,1-4H3. The van der Waals surface area contributed by atoms with E-state index in [1.165, 1.54) is 0 Å². The first-order valence-corrected chi connectivity index (χ1v) is 3.20. The normalized spacial score (nSPS) is 16.1. The summed E-state index contributed by atoms with van der Waals surface area (Å²) in [7, 11) is 0. The van der Waals surface area contributed by atoms with Crippen molar-refractivity contribution in [3.05, 3.63) is 0 Å².